The van der Waals surface area contributed by atoms with Gasteiger partial charge in [0.25, 0.3) is 5.91 Å². The summed E-state index contributed by atoms with van der Waals surface area (Å²) in [5, 5.41) is 19.4. The molecule has 1 aliphatic heterocycles. The Labute approximate surface area is 159 Å². The second kappa shape index (κ2) is 8.45. The number of carbonyl (C=O) groups is 2. The van der Waals surface area contributed by atoms with Crippen molar-refractivity contribution in [2.75, 3.05) is 19.8 Å². The molecule has 1 aromatic carbocycles. The van der Waals surface area contributed by atoms with Gasteiger partial charge < -0.3 is 15.2 Å². The maximum Gasteiger partial charge on any atom is 0.308 e. The molecule has 1 saturated heterocycles. The van der Waals surface area contributed by atoms with Gasteiger partial charge in [0.1, 0.15) is 5.69 Å². The predicted molar refractivity (Wildman–Crippen MR) is 93.3 cm³/mol. The summed E-state index contributed by atoms with van der Waals surface area (Å²) >= 11 is 5.74. The average Bonchev–Trinajstić information content (AvgIpc) is 3.14. The lowest BCUT2D eigenvalue weighted by Crippen LogP contribution is -2.39. The van der Waals surface area contributed by atoms with Crippen LogP contribution in [0.25, 0.3) is 5.69 Å². The van der Waals surface area contributed by atoms with Crippen molar-refractivity contribution < 1.29 is 23.8 Å². The number of rotatable bonds is 6. The summed E-state index contributed by atoms with van der Waals surface area (Å²) in [5.74, 6) is -3.00. The standard InChI is InChI=1S/C17H18ClFN4O4/c18-12-2-1-3-14(15(12)19)23-9-13(21-22-23)16(24)20-8-11(17(25)26)10-4-6-27-7-5-10/h1-3,9-11H,4-8H2,(H,20,24)(H,25,26). The van der Waals surface area contributed by atoms with E-state index in [1.165, 1.54) is 18.3 Å². The minimum Gasteiger partial charge on any atom is -0.481 e. The zero-order chi connectivity index (χ0) is 19.4. The van der Waals surface area contributed by atoms with Crippen LogP contribution in [0.4, 0.5) is 4.39 Å². The van der Waals surface area contributed by atoms with E-state index in [1.54, 1.807) is 6.07 Å². The van der Waals surface area contributed by atoms with Crippen LogP contribution in [-0.2, 0) is 9.53 Å². The summed E-state index contributed by atoms with van der Waals surface area (Å²) in [6, 6.07) is 4.39. The lowest BCUT2D eigenvalue weighted by atomic mass is 9.86. The van der Waals surface area contributed by atoms with Crippen molar-refractivity contribution in [1.82, 2.24) is 20.3 Å². The Morgan fingerprint density at radius 3 is 2.85 bits per heavy atom. The van der Waals surface area contributed by atoms with E-state index in [0.29, 0.717) is 26.1 Å². The fourth-order valence-corrected chi connectivity index (χ4v) is 3.19. The van der Waals surface area contributed by atoms with E-state index in [1.807, 2.05) is 0 Å². The fraction of sp³-hybridized carbons (Fsp3) is 0.412. The third kappa shape index (κ3) is 4.42. The normalized spacial score (nSPS) is 16.1. The molecule has 1 aliphatic rings. The summed E-state index contributed by atoms with van der Waals surface area (Å²) in [4.78, 5) is 23.8. The lowest BCUT2D eigenvalue weighted by molar-refractivity contribution is -0.144. The molecule has 1 atom stereocenters. The van der Waals surface area contributed by atoms with Gasteiger partial charge >= 0.3 is 5.97 Å². The van der Waals surface area contributed by atoms with E-state index in [2.05, 4.69) is 15.6 Å². The molecule has 3 rings (SSSR count). The molecule has 1 aromatic heterocycles. The van der Waals surface area contributed by atoms with Gasteiger partial charge in [0, 0.05) is 19.8 Å². The first kappa shape index (κ1) is 19.2. The summed E-state index contributed by atoms with van der Waals surface area (Å²) in [6.45, 7) is 1.00. The molecular formula is C17H18ClFN4O4. The number of carboxylic acids is 1. The number of hydrogen-bond donors (Lipinski definition) is 2. The summed E-state index contributed by atoms with van der Waals surface area (Å²) in [7, 11) is 0. The molecule has 27 heavy (non-hydrogen) atoms. The molecule has 10 heteroatoms. The van der Waals surface area contributed by atoms with Gasteiger partial charge in [-0.3, -0.25) is 9.59 Å². The molecule has 2 heterocycles. The zero-order valence-corrected chi connectivity index (χ0v) is 15.0. The Bertz CT molecular complexity index is 838. The maximum atomic E-state index is 14.0. The molecular weight excluding hydrogens is 379 g/mol. The van der Waals surface area contributed by atoms with Gasteiger partial charge in [-0.15, -0.1) is 5.10 Å². The van der Waals surface area contributed by atoms with E-state index in [4.69, 9.17) is 16.3 Å². The van der Waals surface area contributed by atoms with E-state index < -0.39 is 23.6 Å². The number of halogens is 2. The van der Waals surface area contributed by atoms with Crippen LogP contribution in [0, 0.1) is 17.7 Å². The van der Waals surface area contributed by atoms with Crippen molar-refractivity contribution in [3.8, 4) is 5.69 Å². The highest BCUT2D eigenvalue weighted by Gasteiger charge is 2.30. The van der Waals surface area contributed by atoms with Gasteiger partial charge in [0.15, 0.2) is 11.5 Å². The predicted octanol–water partition coefficient (Wildman–Crippen LogP) is 1.92. The van der Waals surface area contributed by atoms with Crippen molar-refractivity contribution in [3.63, 3.8) is 0 Å². The monoisotopic (exact) mass is 396 g/mol. The molecule has 2 aromatic rings. The van der Waals surface area contributed by atoms with Crippen LogP contribution in [0.3, 0.4) is 0 Å². The van der Waals surface area contributed by atoms with E-state index in [9.17, 15) is 19.1 Å². The van der Waals surface area contributed by atoms with E-state index >= 15 is 0 Å². The van der Waals surface area contributed by atoms with Crippen LogP contribution < -0.4 is 5.32 Å². The molecule has 0 bridgehead atoms. The third-order valence-corrected chi connectivity index (χ3v) is 4.83. The van der Waals surface area contributed by atoms with E-state index in [0.717, 1.165) is 4.68 Å². The number of carboxylic acid groups (broad SMARTS) is 1. The number of benzene rings is 1. The van der Waals surface area contributed by atoms with Crippen molar-refractivity contribution in [1.29, 1.82) is 0 Å². The molecule has 0 radical (unpaired) electrons. The number of aromatic nitrogens is 3. The molecule has 0 spiro atoms. The van der Waals surface area contributed by atoms with Crippen molar-refractivity contribution >= 4 is 23.5 Å². The molecule has 1 unspecified atom stereocenters. The van der Waals surface area contributed by atoms with Crippen LogP contribution in [0.2, 0.25) is 5.02 Å². The highest BCUT2D eigenvalue weighted by Crippen LogP contribution is 2.24. The van der Waals surface area contributed by atoms with Gasteiger partial charge in [0.2, 0.25) is 0 Å². The first-order chi connectivity index (χ1) is 13.0. The average molecular weight is 397 g/mol. The fourth-order valence-electron chi connectivity index (χ4n) is 3.02. The molecule has 8 nitrogen and oxygen atoms in total. The number of hydrogen-bond acceptors (Lipinski definition) is 5. The van der Waals surface area contributed by atoms with Gasteiger partial charge in [0.05, 0.1) is 17.1 Å². The number of nitrogens with zero attached hydrogens (tertiary/aromatic N) is 3. The Morgan fingerprint density at radius 2 is 2.15 bits per heavy atom. The second-order valence-corrected chi connectivity index (χ2v) is 6.63. The Kier molecular flexibility index (Phi) is 6.02. The Hall–Kier alpha value is -2.52. The van der Waals surface area contributed by atoms with Gasteiger partial charge in [-0.05, 0) is 30.9 Å². The van der Waals surface area contributed by atoms with Gasteiger partial charge in [-0.25, -0.2) is 9.07 Å². The molecule has 0 aliphatic carbocycles. The van der Waals surface area contributed by atoms with E-state index in [-0.39, 0.29) is 28.9 Å². The molecule has 0 saturated carbocycles. The van der Waals surface area contributed by atoms with Gasteiger partial charge in [-0.2, -0.15) is 0 Å². The third-order valence-electron chi connectivity index (χ3n) is 4.54. The highest BCUT2D eigenvalue weighted by molar-refractivity contribution is 6.30. The van der Waals surface area contributed by atoms with Crippen molar-refractivity contribution in [3.05, 3.63) is 40.9 Å². The minimum absolute atomic E-state index is 0.0305. The highest BCUT2D eigenvalue weighted by atomic mass is 35.5. The molecule has 144 valence electrons. The van der Waals surface area contributed by atoms with Crippen molar-refractivity contribution in [2.45, 2.75) is 12.8 Å². The van der Waals surface area contributed by atoms with Crippen LogP contribution in [0.5, 0.6) is 0 Å². The molecule has 1 amide bonds. The van der Waals surface area contributed by atoms with Crippen LogP contribution in [0.15, 0.2) is 24.4 Å². The number of carbonyl (C=O) groups excluding carboxylic acids is 1. The number of amides is 1. The summed E-state index contributed by atoms with van der Waals surface area (Å²) < 4.78 is 20.4. The van der Waals surface area contributed by atoms with Crippen LogP contribution in [0.1, 0.15) is 23.3 Å². The number of ether oxygens (including phenoxy) is 1. The largest absolute Gasteiger partial charge is 0.481 e. The smallest absolute Gasteiger partial charge is 0.308 e. The second-order valence-electron chi connectivity index (χ2n) is 6.23. The molecule has 1 fully saturated rings. The first-order valence-corrected chi connectivity index (χ1v) is 8.80. The Balaban J connectivity index is 1.67. The summed E-state index contributed by atoms with van der Waals surface area (Å²) in [6.07, 6.45) is 2.53. The Morgan fingerprint density at radius 1 is 1.41 bits per heavy atom. The number of aliphatic carboxylic acids is 1. The topological polar surface area (TPSA) is 106 Å². The molecule has 2 N–H and O–H groups in total. The van der Waals surface area contributed by atoms with Crippen LogP contribution >= 0.6 is 11.6 Å². The van der Waals surface area contributed by atoms with Crippen LogP contribution in [-0.4, -0.2) is 51.7 Å². The quantitative estimate of drug-likeness (QED) is 0.772. The number of nitrogens with one attached hydrogen (secondary N) is 1. The maximum absolute atomic E-state index is 14.0. The SMILES string of the molecule is O=C(NCC(C(=O)O)C1CCOCC1)c1cn(-c2cccc(Cl)c2F)nn1. The summed E-state index contributed by atoms with van der Waals surface area (Å²) in [5.41, 5.74) is 0.00478. The lowest BCUT2D eigenvalue weighted by Gasteiger charge is -2.27. The first-order valence-electron chi connectivity index (χ1n) is 8.43. The zero-order valence-electron chi connectivity index (χ0n) is 14.3. The minimum atomic E-state index is -0.966. The van der Waals surface area contributed by atoms with Crippen molar-refractivity contribution in [2.24, 2.45) is 11.8 Å². The van der Waals surface area contributed by atoms with Gasteiger partial charge in [-0.1, -0.05) is 22.9 Å².